The van der Waals surface area contributed by atoms with Gasteiger partial charge in [-0.15, -0.1) is 0 Å². The summed E-state index contributed by atoms with van der Waals surface area (Å²) >= 11 is 0. The summed E-state index contributed by atoms with van der Waals surface area (Å²) in [5.41, 5.74) is 2.74. The van der Waals surface area contributed by atoms with Gasteiger partial charge in [0.1, 0.15) is 5.75 Å². The van der Waals surface area contributed by atoms with Gasteiger partial charge in [0.05, 0.1) is 0 Å². The fourth-order valence-electron chi connectivity index (χ4n) is 4.55. The minimum atomic E-state index is -0.102. The molecule has 0 N–H and O–H groups in total. The van der Waals surface area contributed by atoms with Gasteiger partial charge in [0, 0.05) is 6.42 Å². The molecule has 0 fully saturated rings. The number of hydrogen-bond donors (Lipinski definition) is 0. The highest BCUT2D eigenvalue weighted by molar-refractivity contribution is 5.73. The zero-order valence-electron chi connectivity index (χ0n) is 19.8. The van der Waals surface area contributed by atoms with Gasteiger partial charge in [-0.1, -0.05) is 96.8 Å². The summed E-state index contributed by atoms with van der Waals surface area (Å²) in [5.74, 6) is 2.25. The molecule has 0 saturated carbocycles. The van der Waals surface area contributed by atoms with E-state index in [1.54, 1.807) is 0 Å². The number of carbonyl (C=O) groups excluding carboxylic acids is 1. The van der Waals surface area contributed by atoms with E-state index < -0.39 is 0 Å². The lowest BCUT2D eigenvalue weighted by molar-refractivity contribution is -0.134. The van der Waals surface area contributed by atoms with Crippen molar-refractivity contribution in [1.82, 2.24) is 0 Å². The van der Waals surface area contributed by atoms with Gasteiger partial charge >= 0.3 is 5.97 Å². The molecule has 0 saturated heterocycles. The van der Waals surface area contributed by atoms with Gasteiger partial charge in [0.2, 0.25) is 0 Å². The monoisotopic (exact) mass is 412 g/mol. The standard InChI is InChI=1S/C28H44O2/c1-4-6-8-9-10-12-14-28(29)30-27-21-19-26(20-22-27)25-17-15-24(16-18-25)23(3)13-11-7-5-2/h17,19-24H,4-16,18H2,1-3H3. The van der Waals surface area contributed by atoms with Crippen LogP contribution in [0.2, 0.25) is 0 Å². The lowest BCUT2D eigenvalue weighted by Gasteiger charge is -2.27. The fourth-order valence-corrected chi connectivity index (χ4v) is 4.55. The van der Waals surface area contributed by atoms with Gasteiger partial charge in [-0.25, -0.2) is 0 Å². The first-order valence-corrected chi connectivity index (χ1v) is 12.6. The number of ether oxygens (including phenoxy) is 1. The smallest absolute Gasteiger partial charge is 0.311 e. The first kappa shape index (κ1) is 24.7. The van der Waals surface area contributed by atoms with Crippen molar-refractivity contribution >= 4 is 11.5 Å². The normalized spacial score (nSPS) is 17.4. The summed E-state index contributed by atoms with van der Waals surface area (Å²) in [6, 6.07) is 8.14. The molecule has 2 rings (SSSR count). The molecule has 2 heteroatoms. The topological polar surface area (TPSA) is 26.3 Å². The molecular weight excluding hydrogens is 368 g/mol. The maximum atomic E-state index is 12.0. The third-order valence-electron chi connectivity index (χ3n) is 6.71. The molecule has 0 bridgehead atoms. The van der Waals surface area contributed by atoms with Crippen LogP contribution in [0, 0.1) is 11.8 Å². The van der Waals surface area contributed by atoms with Crippen LogP contribution in [0.3, 0.4) is 0 Å². The van der Waals surface area contributed by atoms with Crippen LogP contribution in [-0.4, -0.2) is 5.97 Å². The van der Waals surface area contributed by atoms with Crippen molar-refractivity contribution in [2.24, 2.45) is 11.8 Å². The SMILES string of the molecule is CCCCCCCCC(=O)Oc1ccc(C2=CCC(C(C)CCCCC)CC2)cc1. The second-order valence-electron chi connectivity index (χ2n) is 9.25. The van der Waals surface area contributed by atoms with Gasteiger partial charge in [-0.2, -0.15) is 0 Å². The highest BCUT2D eigenvalue weighted by Gasteiger charge is 2.20. The molecule has 0 amide bonds. The Labute approximate surface area is 185 Å². The maximum absolute atomic E-state index is 12.0. The summed E-state index contributed by atoms with van der Waals surface area (Å²) in [6.07, 6.45) is 19.2. The molecule has 1 aromatic carbocycles. The van der Waals surface area contributed by atoms with Crippen molar-refractivity contribution in [1.29, 1.82) is 0 Å². The van der Waals surface area contributed by atoms with Crippen LogP contribution in [0.15, 0.2) is 30.3 Å². The molecule has 0 aliphatic heterocycles. The van der Waals surface area contributed by atoms with Crippen molar-refractivity contribution in [3.8, 4) is 5.75 Å². The maximum Gasteiger partial charge on any atom is 0.311 e. The van der Waals surface area contributed by atoms with Crippen LogP contribution in [0.5, 0.6) is 5.75 Å². The van der Waals surface area contributed by atoms with Crippen LogP contribution in [0.4, 0.5) is 0 Å². The zero-order valence-corrected chi connectivity index (χ0v) is 19.8. The Morgan fingerprint density at radius 3 is 2.30 bits per heavy atom. The number of unbranched alkanes of at least 4 members (excludes halogenated alkanes) is 7. The van der Waals surface area contributed by atoms with Crippen LogP contribution in [0.1, 0.15) is 116 Å². The summed E-state index contributed by atoms with van der Waals surface area (Å²) in [5, 5.41) is 0. The second kappa shape index (κ2) is 14.4. The van der Waals surface area contributed by atoms with Crippen molar-refractivity contribution in [3.05, 3.63) is 35.9 Å². The van der Waals surface area contributed by atoms with E-state index in [1.807, 2.05) is 12.1 Å². The zero-order chi connectivity index (χ0) is 21.6. The number of hydrogen-bond acceptors (Lipinski definition) is 2. The van der Waals surface area contributed by atoms with Gasteiger partial charge < -0.3 is 4.74 Å². The van der Waals surface area contributed by atoms with Gasteiger partial charge in [-0.3, -0.25) is 4.79 Å². The number of carbonyl (C=O) groups is 1. The third-order valence-corrected chi connectivity index (χ3v) is 6.71. The lowest BCUT2D eigenvalue weighted by atomic mass is 9.78. The van der Waals surface area contributed by atoms with Crippen LogP contribution < -0.4 is 4.74 Å². The average molecular weight is 413 g/mol. The number of benzene rings is 1. The highest BCUT2D eigenvalue weighted by Crippen LogP contribution is 2.36. The fraction of sp³-hybridized carbons (Fsp3) is 0.679. The first-order chi connectivity index (χ1) is 14.6. The van der Waals surface area contributed by atoms with E-state index in [-0.39, 0.29) is 5.97 Å². The summed E-state index contributed by atoms with van der Waals surface area (Å²) in [4.78, 5) is 12.0. The van der Waals surface area contributed by atoms with Crippen LogP contribution in [-0.2, 0) is 4.79 Å². The Balaban J connectivity index is 1.73. The quantitative estimate of drug-likeness (QED) is 0.173. The first-order valence-electron chi connectivity index (χ1n) is 12.6. The molecule has 2 unspecified atom stereocenters. The summed E-state index contributed by atoms with van der Waals surface area (Å²) in [7, 11) is 0. The number of rotatable bonds is 14. The Morgan fingerprint density at radius 1 is 0.967 bits per heavy atom. The molecule has 0 spiro atoms. The van der Waals surface area contributed by atoms with E-state index in [0.717, 1.165) is 24.7 Å². The molecule has 0 aromatic heterocycles. The highest BCUT2D eigenvalue weighted by atomic mass is 16.5. The minimum Gasteiger partial charge on any atom is -0.427 e. The predicted octanol–water partition coefficient (Wildman–Crippen LogP) is 8.74. The number of allylic oxidation sites excluding steroid dienone is 2. The molecule has 1 aliphatic rings. The molecule has 2 nitrogen and oxygen atoms in total. The molecule has 0 heterocycles. The lowest BCUT2D eigenvalue weighted by Crippen LogP contribution is -2.14. The molecule has 1 aliphatic carbocycles. The second-order valence-corrected chi connectivity index (χ2v) is 9.25. The average Bonchev–Trinajstić information content (AvgIpc) is 2.77. The summed E-state index contributed by atoms with van der Waals surface area (Å²) < 4.78 is 5.52. The van der Waals surface area contributed by atoms with E-state index >= 15 is 0 Å². The molecule has 2 atom stereocenters. The van der Waals surface area contributed by atoms with Gasteiger partial charge in [0.15, 0.2) is 0 Å². The minimum absolute atomic E-state index is 0.102. The van der Waals surface area contributed by atoms with E-state index in [2.05, 4.69) is 39.0 Å². The van der Waals surface area contributed by atoms with Crippen molar-refractivity contribution in [2.75, 3.05) is 0 Å². The Kier molecular flexibility index (Phi) is 11.9. The number of esters is 1. The van der Waals surface area contributed by atoms with E-state index in [4.69, 9.17) is 4.74 Å². The molecular formula is C28H44O2. The Bertz CT molecular complexity index is 629. The van der Waals surface area contributed by atoms with E-state index in [1.165, 1.54) is 81.8 Å². The molecule has 30 heavy (non-hydrogen) atoms. The molecule has 1 aromatic rings. The van der Waals surface area contributed by atoms with Crippen molar-refractivity contribution in [3.63, 3.8) is 0 Å². The predicted molar refractivity (Wildman–Crippen MR) is 129 cm³/mol. The molecule has 0 radical (unpaired) electrons. The Morgan fingerprint density at radius 2 is 1.63 bits per heavy atom. The van der Waals surface area contributed by atoms with Gasteiger partial charge in [0.25, 0.3) is 0 Å². The van der Waals surface area contributed by atoms with Crippen molar-refractivity contribution < 1.29 is 9.53 Å². The van der Waals surface area contributed by atoms with Crippen LogP contribution in [0.25, 0.3) is 5.57 Å². The third kappa shape index (κ3) is 9.06. The van der Waals surface area contributed by atoms with Gasteiger partial charge in [-0.05, 0) is 60.8 Å². The largest absolute Gasteiger partial charge is 0.427 e. The van der Waals surface area contributed by atoms with E-state index in [9.17, 15) is 4.79 Å². The molecule has 168 valence electrons. The van der Waals surface area contributed by atoms with Crippen LogP contribution >= 0.6 is 0 Å². The Hall–Kier alpha value is -1.57. The summed E-state index contributed by atoms with van der Waals surface area (Å²) in [6.45, 7) is 6.94. The van der Waals surface area contributed by atoms with E-state index in [0.29, 0.717) is 12.2 Å². The van der Waals surface area contributed by atoms with Crippen molar-refractivity contribution in [2.45, 2.75) is 111 Å².